The molecule has 6 heteroatoms. The molecule has 1 fully saturated rings. The van der Waals surface area contributed by atoms with E-state index in [1.165, 1.54) is 0 Å². The van der Waals surface area contributed by atoms with Crippen molar-refractivity contribution < 1.29 is 13.2 Å². The minimum absolute atomic E-state index is 0.174. The third-order valence-electron chi connectivity index (χ3n) is 2.99. The molecule has 1 N–H and O–H groups in total. The van der Waals surface area contributed by atoms with E-state index >= 15 is 0 Å². The number of carbonyl (C=O) groups is 1. The first-order valence-electron chi connectivity index (χ1n) is 5.75. The third-order valence-corrected chi connectivity index (χ3v) is 5.27. The quantitative estimate of drug-likeness (QED) is 0.793. The summed E-state index contributed by atoms with van der Waals surface area (Å²) in [6.07, 6.45) is 1.38. The number of amides is 2. The number of nitrogens with one attached hydrogen (secondary N) is 1. The minimum atomic E-state index is -2.96. The molecule has 0 saturated carbocycles. The molecule has 1 heterocycles. The van der Waals surface area contributed by atoms with Crippen LogP contribution in [0.15, 0.2) is 0 Å². The number of sulfone groups is 1. The number of urea groups is 1. The maximum absolute atomic E-state index is 11.6. The summed E-state index contributed by atoms with van der Waals surface area (Å²) >= 11 is 0. The van der Waals surface area contributed by atoms with E-state index in [0.717, 1.165) is 0 Å². The molecular weight excluding hydrogens is 228 g/mol. The zero-order valence-corrected chi connectivity index (χ0v) is 10.7. The average molecular weight is 248 g/mol. The van der Waals surface area contributed by atoms with Gasteiger partial charge in [0.1, 0.15) is 0 Å². The summed E-state index contributed by atoms with van der Waals surface area (Å²) < 4.78 is 23.0. The van der Waals surface area contributed by atoms with E-state index in [-0.39, 0.29) is 23.6 Å². The molecule has 0 aliphatic carbocycles. The van der Waals surface area contributed by atoms with Crippen molar-refractivity contribution in [1.82, 2.24) is 10.2 Å². The molecule has 5 nitrogen and oxygen atoms in total. The van der Waals surface area contributed by atoms with Gasteiger partial charge in [-0.1, -0.05) is 0 Å². The molecule has 0 aromatic carbocycles. The van der Waals surface area contributed by atoms with E-state index < -0.39 is 9.84 Å². The number of carbonyl (C=O) groups excluding carboxylic acids is 1. The second kappa shape index (κ2) is 5.52. The Labute approximate surface area is 97.1 Å². The molecule has 16 heavy (non-hydrogen) atoms. The van der Waals surface area contributed by atoms with Crippen molar-refractivity contribution in [2.45, 2.75) is 31.9 Å². The topological polar surface area (TPSA) is 66.5 Å². The first kappa shape index (κ1) is 13.3. The van der Waals surface area contributed by atoms with Crippen molar-refractivity contribution in [3.05, 3.63) is 0 Å². The van der Waals surface area contributed by atoms with Crippen LogP contribution < -0.4 is 5.32 Å². The van der Waals surface area contributed by atoms with Crippen LogP contribution in [0.4, 0.5) is 4.79 Å². The van der Waals surface area contributed by atoms with Crippen LogP contribution in [0.5, 0.6) is 0 Å². The van der Waals surface area contributed by atoms with E-state index in [1.807, 2.05) is 13.8 Å². The summed E-state index contributed by atoms with van der Waals surface area (Å²) in [5.41, 5.74) is 0. The first-order valence-corrected chi connectivity index (χ1v) is 7.47. The number of hydrogen-bond acceptors (Lipinski definition) is 3. The largest absolute Gasteiger partial charge is 0.337 e. The minimum Gasteiger partial charge on any atom is -0.337 e. The Morgan fingerprint density at radius 1 is 1.38 bits per heavy atom. The van der Waals surface area contributed by atoms with E-state index in [2.05, 4.69) is 5.32 Å². The molecule has 0 bridgehead atoms. The summed E-state index contributed by atoms with van der Waals surface area (Å²) in [7, 11) is -2.96. The molecule has 1 aliphatic rings. The second-order valence-electron chi connectivity index (χ2n) is 3.99. The number of hydrogen-bond donors (Lipinski definition) is 1. The first-order chi connectivity index (χ1) is 7.51. The standard InChI is InChI=1S/C10H20N2O3S/c1-3-12(4-2)10(13)11-8-9-6-5-7-16(9,14)15/h9H,3-8H2,1-2H3,(H,11,13). The number of nitrogens with zero attached hydrogens (tertiary/aromatic N) is 1. The lowest BCUT2D eigenvalue weighted by Gasteiger charge is -2.20. The molecule has 1 aliphatic heterocycles. The fraction of sp³-hybridized carbons (Fsp3) is 0.900. The molecule has 1 unspecified atom stereocenters. The predicted octanol–water partition coefficient (Wildman–Crippen LogP) is 0.615. The zero-order chi connectivity index (χ0) is 12.2. The predicted molar refractivity (Wildman–Crippen MR) is 63.1 cm³/mol. The van der Waals surface area contributed by atoms with Gasteiger partial charge in [-0.2, -0.15) is 0 Å². The van der Waals surface area contributed by atoms with Gasteiger partial charge in [-0.25, -0.2) is 13.2 Å². The molecule has 94 valence electrons. The fourth-order valence-electron chi connectivity index (χ4n) is 1.91. The van der Waals surface area contributed by atoms with Gasteiger partial charge in [0.25, 0.3) is 0 Å². The van der Waals surface area contributed by atoms with Crippen molar-refractivity contribution in [3.8, 4) is 0 Å². The van der Waals surface area contributed by atoms with Gasteiger partial charge in [0.2, 0.25) is 0 Å². The summed E-state index contributed by atoms with van der Waals surface area (Å²) in [6.45, 7) is 5.32. The van der Waals surface area contributed by atoms with E-state index in [9.17, 15) is 13.2 Å². The molecular formula is C10H20N2O3S. The molecule has 1 atom stereocenters. The molecule has 0 aromatic heterocycles. The highest BCUT2D eigenvalue weighted by Crippen LogP contribution is 2.18. The lowest BCUT2D eigenvalue weighted by molar-refractivity contribution is 0.203. The Morgan fingerprint density at radius 2 is 2.00 bits per heavy atom. The van der Waals surface area contributed by atoms with Crippen molar-refractivity contribution in [3.63, 3.8) is 0 Å². The SMILES string of the molecule is CCN(CC)C(=O)NCC1CCCS1(=O)=O. The van der Waals surface area contributed by atoms with Gasteiger partial charge in [-0.05, 0) is 26.7 Å². The summed E-state index contributed by atoms with van der Waals surface area (Å²) in [4.78, 5) is 13.2. The molecule has 0 spiro atoms. The number of rotatable bonds is 4. The normalized spacial score (nSPS) is 23.0. The Balaban J connectivity index is 2.43. The Kier molecular flexibility index (Phi) is 4.58. The summed E-state index contributed by atoms with van der Waals surface area (Å²) in [5.74, 6) is 0.263. The van der Waals surface area contributed by atoms with E-state index in [4.69, 9.17) is 0 Å². The Bertz CT molecular complexity index is 336. The maximum atomic E-state index is 11.6. The molecule has 2 amide bonds. The van der Waals surface area contributed by atoms with Gasteiger partial charge in [0.15, 0.2) is 9.84 Å². The van der Waals surface area contributed by atoms with Crippen LogP contribution in [0, 0.1) is 0 Å². The van der Waals surface area contributed by atoms with Crippen molar-refractivity contribution in [2.24, 2.45) is 0 Å². The van der Waals surface area contributed by atoms with Crippen LogP contribution in [0.1, 0.15) is 26.7 Å². The smallest absolute Gasteiger partial charge is 0.317 e. The van der Waals surface area contributed by atoms with Gasteiger partial charge in [0, 0.05) is 19.6 Å². The van der Waals surface area contributed by atoms with Crippen LogP contribution in [-0.4, -0.2) is 50.0 Å². The van der Waals surface area contributed by atoms with E-state index in [0.29, 0.717) is 25.9 Å². The average Bonchev–Trinajstić information content (AvgIpc) is 2.56. The third kappa shape index (κ3) is 3.10. The maximum Gasteiger partial charge on any atom is 0.317 e. The Hall–Kier alpha value is -0.780. The van der Waals surface area contributed by atoms with Gasteiger partial charge in [-0.15, -0.1) is 0 Å². The van der Waals surface area contributed by atoms with Crippen LogP contribution in [-0.2, 0) is 9.84 Å². The second-order valence-corrected chi connectivity index (χ2v) is 6.39. The Morgan fingerprint density at radius 3 is 2.44 bits per heavy atom. The van der Waals surface area contributed by atoms with Crippen molar-refractivity contribution >= 4 is 15.9 Å². The van der Waals surface area contributed by atoms with Crippen LogP contribution in [0.2, 0.25) is 0 Å². The van der Waals surface area contributed by atoms with Crippen LogP contribution >= 0.6 is 0 Å². The highest BCUT2D eigenvalue weighted by atomic mass is 32.2. The fourth-order valence-corrected chi connectivity index (χ4v) is 3.68. The van der Waals surface area contributed by atoms with Gasteiger partial charge >= 0.3 is 6.03 Å². The van der Waals surface area contributed by atoms with Gasteiger partial charge in [-0.3, -0.25) is 0 Å². The van der Waals surface area contributed by atoms with Crippen molar-refractivity contribution in [2.75, 3.05) is 25.4 Å². The monoisotopic (exact) mass is 248 g/mol. The highest BCUT2D eigenvalue weighted by molar-refractivity contribution is 7.92. The van der Waals surface area contributed by atoms with Gasteiger partial charge < -0.3 is 10.2 Å². The highest BCUT2D eigenvalue weighted by Gasteiger charge is 2.31. The lowest BCUT2D eigenvalue weighted by Crippen LogP contribution is -2.43. The summed E-state index contributed by atoms with van der Waals surface area (Å²) in [6, 6.07) is -0.174. The lowest BCUT2D eigenvalue weighted by atomic mass is 10.2. The molecule has 1 saturated heterocycles. The summed E-state index contributed by atoms with van der Waals surface area (Å²) in [5, 5.41) is 2.31. The van der Waals surface area contributed by atoms with Crippen LogP contribution in [0.25, 0.3) is 0 Å². The molecule has 1 rings (SSSR count). The van der Waals surface area contributed by atoms with Gasteiger partial charge in [0.05, 0.1) is 11.0 Å². The zero-order valence-electron chi connectivity index (χ0n) is 9.90. The van der Waals surface area contributed by atoms with E-state index in [1.54, 1.807) is 4.90 Å². The molecule has 0 aromatic rings. The van der Waals surface area contributed by atoms with Crippen LogP contribution in [0.3, 0.4) is 0 Å². The van der Waals surface area contributed by atoms with Crippen molar-refractivity contribution in [1.29, 1.82) is 0 Å². The molecule has 0 radical (unpaired) electrons.